The largest absolute Gasteiger partial charge is 0.338 e. The van der Waals surface area contributed by atoms with Crippen molar-refractivity contribution < 1.29 is 13.6 Å². The van der Waals surface area contributed by atoms with Crippen molar-refractivity contribution in [1.29, 1.82) is 0 Å². The Kier molecular flexibility index (Phi) is 3.76. The first kappa shape index (κ1) is 16.0. The molecule has 0 saturated carbocycles. The summed E-state index contributed by atoms with van der Waals surface area (Å²) < 4.78 is 27.0. The van der Waals surface area contributed by atoms with E-state index in [4.69, 9.17) is 0 Å². The average molecular weight is 350 g/mol. The SMILES string of the molecule is CC(=O)c1ccc2c(c1)nc(Nc1cc(F)cc(F)c1)c1ncncc12. The molecule has 0 unspecified atom stereocenters. The van der Waals surface area contributed by atoms with Gasteiger partial charge in [-0.05, 0) is 25.1 Å². The molecule has 1 N–H and O–H groups in total. The van der Waals surface area contributed by atoms with Crippen molar-refractivity contribution in [3.63, 3.8) is 0 Å². The molecule has 0 atom stereocenters. The molecule has 4 aromatic rings. The van der Waals surface area contributed by atoms with Crippen molar-refractivity contribution in [1.82, 2.24) is 15.0 Å². The molecule has 128 valence electrons. The summed E-state index contributed by atoms with van der Waals surface area (Å²) in [5.74, 6) is -1.17. The highest BCUT2D eigenvalue weighted by atomic mass is 19.1. The number of fused-ring (bicyclic) bond motifs is 3. The molecule has 26 heavy (non-hydrogen) atoms. The smallest absolute Gasteiger partial charge is 0.159 e. The highest BCUT2D eigenvalue weighted by Crippen LogP contribution is 2.30. The van der Waals surface area contributed by atoms with Crippen LogP contribution in [0.4, 0.5) is 20.3 Å². The van der Waals surface area contributed by atoms with Crippen LogP contribution in [0.2, 0.25) is 0 Å². The zero-order valence-electron chi connectivity index (χ0n) is 13.6. The number of ketones is 1. The molecular formula is C19H12F2N4O. The number of carbonyl (C=O) groups is 1. The number of hydrogen-bond donors (Lipinski definition) is 1. The molecule has 2 heterocycles. The molecule has 5 nitrogen and oxygen atoms in total. The number of rotatable bonds is 3. The van der Waals surface area contributed by atoms with Crippen molar-refractivity contribution in [2.24, 2.45) is 0 Å². The van der Waals surface area contributed by atoms with Gasteiger partial charge in [-0.25, -0.2) is 23.7 Å². The van der Waals surface area contributed by atoms with Crippen LogP contribution in [-0.2, 0) is 0 Å². The van der Waals surface area contributed by atoms with E-state index in [1.54, 1.807) is 24.4 Å². The second kappa shape index (κ2) is 6.11. The van der Waals surface area contributed by atoms with Gasteiger partial charge in [-0.3, -0.25) is 4.79 Å². The van der Waals surface area contributed by atoms with E-state index < -0.39 is 11.6 Å². The Morgan fingerprint density at radius 2 is 1.81 bits per heavy atom. The lowest BCUT2D eigenvalue weighted by molar-refractivity contribution is 0.101. The number of benzene rings is 2. The van der Waals surface area contributed by atoms with Crippen LogP contribution in [0, 0.1) is 11.6 Å². The van der Waals surface area contributed by atoms with Crippen molar-refractivity contribution in [3.8, 4) is 0 Å². The van der Waals surface area contributed by atoms with Crippen LogP contribution in [0.25, 0.3) is 21.8 Å². The van der Waals surface area contributed by atoms with E-state index in [1.807, 2.05) is 0 Å². The topological polar surface area (TPSA) is 67.8 Å². The lowest BCUT2D eigenvalue weighted by Gasteiger charge is -2.11. The number of halogens is 2. The van der Waals surface area contributed by atoms with Gasteiger partial charge in [0, 0.05) is 34.3 Å². The third-order valence-electron chi connectivity index (χ3n) is 3.99. The van der Waals surface area contributed by atoms with Crippen LogP contribution in [0.3, 0.4) is 0 Å². The first-order valence-corrected chi connectivity index (χ1v) is 7.79. The Labute approximate surface area is 146 Å². The molecule has 0 aliphatic rings. The zero-order chi connectivity index (χ0) is 18.3. The van der Waals surface area contributed by atoms with Gasteiger partial charge in [0.1, 0.15) is 23.5 Å². The van der Waals surface area contributed by atoms with E-state index in [-0.39, 0.29) is 11.5 Å². The predicted molar refractivity (Wildman–Crippen MR) is 94.5 cm³/mol. The molecule has 0 spiro atoms. The fourth-order valence-electron chi connectivity index (χ4n) is 2.81. The molecule has 0 aliphatic heterocycles. The minimum Gasteiger partial charge on any atom is -0.338 e. The molecule has 2 aromatic carbocycles. The van der Waals surface area contributed by atoms with Crippen molar-refractivity contribution in [2.75, 3.05) is 5.32 Å². The third-order valence-corrected chi connectivity index (χ3v) is 3.99. The van der Waals surface area contributed by atoms with E-state index >= 15 is 0 Å². The van der Waals surface area contributed by atoms with Crippen LogP contribution in [0.15, 0.2) is 48.9 Å². The minimum atomic E-state index is -0.703. The number of Topliss-reactive ketones (excluding diaryl/α,β-unsaturated/α-hetero) is 1. The predicted octanol–water partition coefficient (Wildman–Crippen LogP) is 4.40. The van der Waals surface area contributed by atoms with Gasteiger partial charge in [0.15, 0.2) is 11.6 Å². The van der Waals surface area contributed by atoms with E-state index in [0.717, 1.165) is 23.6 Å². The molecule has 0 radical (unpaired) electrons. The summed E-state index contributed by atoms with van der Waals surface area (Å²) in [6, 6.07) is 8.28. The highest BCUT2D eigenvalue weighted by Gasteiger charge is 2.12. The van der Waals surface area contributed by atoms with Crippen LogP contribution < -0.4 is 5.32 Å². The number of hydrogen-bond acceptors (Lipinski definition) is 5. The Balaban J connectivity index is 1.95. The van der Waals surface area contributed by atoms with Gasteiger partial charge in [-0.15, -0.1) is 0 Å². The third kappa shape index (κ3) is 2.83. The lowest BCUT2D eigenvalue weighted by Crippen LogP contribution is -2.00. The Morgan fingerprint density at radius 1 is 1.04 bits per heavy atom. The second-order valence-corrected chi connectivity index (χ2v) is 5.82. The molecule has 0 fully saturated rings. The van der Waals surface area contributed by atoms with Crippen LogP contribution in [-0.4, -0.2) is 20.7 Å². The first-order valence-electron chi connectivity index (χ1n) is 7.79. The summed E-state index contributed by atoms with van der Waals surface area (Å²) in [5.41, 5.74) is 1.79. The van der Waals surface area contributed by atoms with E-state index in [9.17, 15) is 13.6 Å². The fraction of sp³-hybridized carbons (Fsp3) is 0.0526. The van der Waals surface area contributed by atoms with E-state index in [1.165, 1.54) is 13.3 Å². The molecule has 4 rings (SSSR count). The van der Waals surface area contributed by atoms with Crippen LogP contribution in [0.1, 0.15) is 17.3 Å². The second-order valence-electron chi connectivity index (χ2n) is 5.82. The van der Waals surface area contributed by atoms with Crippen LogP contribution >= 0.6 is 0 Å². The Bertz CT molecular complexity index is 1160. The van der Waals surface area contributed by atoms with Crippen molar-refractivity contribution in [3.05, 3.63) is 66.1 Å². The highest BCUT2D eigenvalue weighted by molar-refractivity contribution is 6.10. The minimum absolute atomic E-state index is 0.0835. The fourth-order valence-corrected chi connectivity index (χ4v) is 2.81. The standard InChI is InChI=1S/C19H12F2N4O/c1-10(26)11-2-3-15-16-8-22-9-23-18(16)19(25-17(15)4-11)24-14-6-12(20)5-13(21)7-14/h2-9H,1H3,(H,24,25). The zero-order valence-corrected chi connectivity index (χ0v) is 13.6. The molecule has 2 aromatic heterocycles. The maximum absolute atomic E-state index is 13.5. The van der Waals surface area contributed by atoms with Gasteiger partial charge in [0.2, 0.25) is 0 Å². The summed E-state index contributed by atoms with van der Waals surface area (Å²) in [6.07, 6.45) is 3.01. The lowest BCUT2D eigenvalue weighted by atomic mass is 10.1. The number of aromatic nitrogens is 3. The molecule has 7 heteroatoms. The summed E-state index contributed by atoms with van der Waals surface area (Å²) in [5, 5.41) is 4.40. The molecule has 0 bridgehead atoms. The maximum atomic E-state index is 13.5. The van der Waals surface area contributed by atoms with Gasteiger partial charge in [-0.1, -0.05) is 12.1 Å². The number of carbonyl (C=O) groups excluding carboxylic acids is 1. The van der Waals surface area contributed by atoms with Crippen LogP contribution in [0.5, 0.6) is 0 Å². The Hall–Kier alpha value is -3.48. The van der Waals surface area contributed by atoms with E-state index in [2.05, 4.69) is 20.3 Å². The normalized spacial score (nSPS) is 11.0. The molecule has 0 amide bonds. The van der Waals surface area contributed by atoms with Gasteiger partial charge < -0.3 is 5.32 Å². The van der Waals surface area contributed by atoms with E-state index in [0.29, 0.717) is 27.8 Å². The van der Waals surface area contributed by atoms with Gasteiger partial charge in [-0.2, -0.15) is 0 Å². The van der Waals surface area contributed by atoms with Gasteiger partial charge in [0.25, 0.3) is 0 Å². The first-order chi connectivity index (χ1) is 12.5. The van der Waals surface area contributed by atoms with Gasteiger partial charge in [0.05, 0.1) is 5.52 Å². The monoisotopic (exact) mass is 350 g/mol. The summed E-state index contributed by atoms with van der Waals surface area (Å²) >= 11 is 0. The molecule has 0 saturated heterocycles. The average Bonchev–Trinajstić information content (AvgIpc) is 2.60. The maximum Gasteiger partial charge on any atom is 0.159 e. The summed E-state index contributed by atoms with van der Waals surface area (Å²) in [6.45, 7) is 1.47. The Morgan fingerprint density at radius 3 is 2.54 bits per heavy atom. The number of nitrogens with one attached hydrogen (secondary N) is 1. The van der Waals surface area contributed by atoms with Crippen molar-refractivity contribution in [2.45, 2.75) is 6.92 Å². The molecular weight excluding hydrogens is 338 g/mol. The van der Waals surface area contributed by atoms with Gasteiger partial charge >= 0.3 is 0 Å². The number of pyridine rings is 1. The number of anilines is 2. The molecule has 0 aliphatic carbocycles. The van der Waals surface area contributed by atoms with Crippen molar-refractivity contribution >= 4 is 39.1 Å². The summed E-state index contributed by atoms with van der Waals surface area (Å²) in [4.78, 5) is 24.4. The quantitative estimate of drug-likeness (QED) is 0.438. The number of nitrogens with zero attached hydrogens (tertiary/aromatic N) is 3. The summed E-state index contributed by atoms with van der Waals surface area (Å²) in [7, 11) is 0.